The van der Waals surface area contributed by atoms with E-state index in [0.29, 0.717) is 24.6 Å². The summed E-state index contributed by atoms with van der Waals surface area (Å²) in [5, 5.41) is 5.30. The molecule has 1 heterocycles. The second kappa shape index (κ2) is 7.65. The number of rotatable bonds is 7. The van der Waals surface area contributed by atoms with Gasteiger partial charge in [-0.25, -0.2) is 4.79 Å². The van der Waals surface area contributed by atoms with Crippen molar-refractivity contribution in [1.82, 2.24) is 15.5 Å². The van der Waals surface area contributed by atoms with Gasteiger partial charge < -0.3 is 15.4 Å². The van der Waals surface area contributed by atoms with Crippen LogP contribution >= 0.6 is 0 Å². The van der Waals surface area contributed by atoms with Crippen molar-refractivity contribution in [2.75, 3.05) is 26.8 Å². The molecular formula is C18H25N3O4. The van der Waals surface area contributed by atoms with Crippen LogP contribution in [-0.4, -0.2) is 49.6 Å². The van der Waals surface area contributed by atoms with Gasteiger partial charge in [-0.2, -0.15) is 0 Å². The van der Waals surface area contributed by atoms with E-state index in [1.165, 1.54) is 7.11 Å². The summed E-state index contributed by atoms with van der Waals surface area (Å²) in [6.45, 7) is 6.21. The standard InChI is InChI=1S/C18H25N3O4/c1-12(2)13-5-7-14(8-6-13)18(3)16(23)21(17(24)20-18)11-15(22)19-9-10-25-4/h5-8,12H,9-11H2,1-4H3,(H,19,22)(H,20,24). The quantitative estimate of drug-likeness (QED) is 0.575. The summed E-state index contributed by atoms with van der Waals surface area (Å²) in [6.07, 6.45) is 0. The Labute approximate surface area is 147 Å². The molecule has 2 rings (SSSR count). The molecule has 136 valence electrons. The highest BCUT2D eigenvalue weighted by atomic mass is 16.5. The minimum absolute atomic E-state index is 0.311. The van der Waals surface area contributed by atoms with Crippen LogP contribution in [0.25, 0.3) is 0 Å². The highest BCUT2D eigenvalue weighted by molar-refractivity contribution is 6.09. The zero-order valence-electron chi connectivity index (χ0n) is 15.1. The zero-order valence-corrected chi connectivity index (χ0v) is 15.1. The Morgan fingerprint density at radius 3 is 2.48 bits per heavy atom. The maximum atomic E-state index is 12.8. The highest BCUT2D eigenvalue weighted by Gasteiger charge is 2.49. The maximum absolute atomic E-state index is 12.8. The molecule has 1 aliphatic heterocycles. The van der Waals surface area contributed by atoms with Gasteiger partial charge in [0, 0.05) is 13.7 Å². The predicted octanol–water partition coefficient (Wildman–Crippen LogP) is 1.34. The summed E-state index contributed by atoms with van der Waals surface area (Å²) in [4.78, 5) is 37.8. The van der Waals surface area contributed by atoms with E-state index in [-0.39, 0.29) is 6.54 Å². The van der Waals surface area contributed by atoms with Crippen LogP contribution in [0.3, 0.4) is 0 Å². The highest BCUT2D eigenvalue weighted by Crippen LogP contribution is 2.29. The van der Waals surface area contributed by atoms with Gasteiger partial charge in [-0.3, -0.25) is 14.5 Å². The van der Waals surface area contributed by atoms with Gasteiger partial charge in [0.25, 0.3) is 5.91 Å². The first-order valence-electron chi connectivity index (χ1n) is 8.29. The van der Waals surface area contributed by atoms with Crippen molar-refractivity contribution < 1.29 is 19.1 Å². The van der Waals surface area contributed by atoms with Crippen LogP contribution in [0.15, 0.2) is 24.3 Å². The molecule has 0 aromatic heterocycles. The smallest absolute Gasteiger partial charge is 0.325 e. The Morgan fingerprint density at radius 1 is 1.28 bits per heavy atom. The third-order valence-corrected chi connectivity index (χ3v) is 4.36. The lowest BCUT2D eigenvalue weighted by Gasteiger charge is -2.22. The van der Waals surface area contributed by atoms with Crippen molar-refractivity contribution in [2.24, 2.45) is 0 Å². The van der Waals surface area contributed by atoms with Gasteiger partial charge in [0.15, 0.2) is 0 Å². The molecule has 25 heavy (non-hydrogen) atoms. The fourth-order valence-corrected chi connectivity index (χ4v) is 2.73. The number of hydrogen-bond donors (Lipinski definition) is 2. The van der Waals surface area contributed by atoms with Gasteiger partial charge in [0.1, 0.15) is 12.1 Å². The Kier molecular flexibility index (Phi) is 5.79. The Morgan fingerprint density at radius 2 is 1.92 bits per heavy atom. The van der Waals surface area contributed by atoms with E-state index in [4.69, 9.17) is 4.74 Å². The number of nitrogens with zero attached hydrogens (tertiary/aromatic N) is 1. The van der Waals surface area contributed by atoms with E-state index < -0.39 is 23.4 Å². The SMILES string of the molecule is COCCNC(=O)CN1C(=O)NC(C)(c2ccc(C(C)C)cc2)C1=O. The van der Waals surface area contributed by atoms with Crippen molar-refractivity contribution in [3.63, 3.8) is 0 Å². The van der Waals surface area contributed by atoms with Crippen molar-refractivity contribution in [2.45, 2.75) is 32.2 Å². The molecule has 0 radical (unpaired) electrons. The molecule has 0 saturated carbocycles. The number of methoxy groups -OCH3 is 1. The number of amides is 4. The van der Waals surface area contributed by atoms with Gasteiger partial charge in [-0.1, -0.05) is 38.1 Å². The molecule has 0 aliphatic carbocycles. The van der Waals surface area contributed by atoms with E-state index in [0.717, 1.165) is 10.5 Å². The Hall–Kier alpha value is -2.41. The van der Waals surface area contributed by atoms with Gasteiger partial charge in [-0.15, -0.1) is 0 Å². The average molecular weight is 347 g/mol. The molecule has 1 unspecified atom stereocenters. The summed E-state index contributed by atoms with van der Waals surface area (Å²) in [5.41, 5.74) is 0.676. The Bertz CT molecular complexity index is 657. The Balaban J connectivity index is 2.12. The minimum atomic E-state index is -1.17. The molecule has 4 amide bonds. The van der Waals surface area contributed by atoms with E-state index in [1.807, 2.05) is 24.3 Å². The summed E-state index contributed by atoms with van der Waals surface area (Å²) in [7, 11) is 1.53. The first-order chi connectivity index (χ1) is 11.8. The molecule has 1 atom stereocenters. The lowest BCUT2D eigenvalue weighted by molar-refractivity contribution is -0.134. The number of hydrogen-bond acceptors (Lipinski definition) is 4. The van der Waals surface area contributed by atoms with Crippen LogP contribution in [0, 0.1) is 0 Å². The number of carbonyl (C=O) groups excluding carboxylic acids is 3. The second-order valence-electron chi connectivity index (χ2n) is 6.57. The maximum Gasteiger partial charge on any atom is 0.325 e. The molecule has 1 aliphatic rings. The third-order valence-electron chi connectivity index (χ3n) is 4.36. The lowest BCUT2D eigenvalue weighted by Crippen LogP contribution is -2.43. The van der Waals surface area contributed by atoms with Crippen molar-refractivity contribution >= 4 is 17.8 Å². The van der Waals surface area contributed by atoms with E-state index in [9.17, 15) is 14.4 Å². The summed E-state index contributed by atoms with van der Waals surface area (Å²) in [6, 6.07) is 7.02. The van der Waals surface area contributed by atoms with Gasteiger partial charge in [0.05, 0.1) is 6.61 Å². The molecule has 7 nitrogen and oxygen atoms in total. The van der Waals surface area contributed by atoms with Crippen LogP contribution in [-0.2, 0) is 19.9 Å². The first kappa shape index (κ1) is 18.9. The summed E-state index contributed by atoms with van der Waals surface area (Å²) >= 11 is 0. The van der Waals surface area contributed by atoms with Crippen LogP contribution in [0.4, 0.5) is 4.79 Å². The normalized spacial score (nSPS) is 20.1. The molecule has 0 spiro atoms. The largest absolute Gasteiger partial charge is 0.383 e. The number of ether oxygens (including phenoxy) is 1. The third kappa shape index (κ3) is 3.99. The fraction of sp³-hybridized carbons (Fsp3) is 0.500. The fourth-order valence-electron chi connectivity index (χ4n) is 2.73. The molecule has 0 bridgehead atoms. The van der Waals surface area contributed by atoms with Crippen LogP contribution in [0.1, 0.15) is 37.8 Å². The molecular weight excluding hydrogens is 322 g/mol. The number of imide groups is 1. The van der Waals surface area contributed by atoms with E-state index in [2.05, 4.69) is 24.5 Å². The number of nitrogens with one attached hydrogen (secondary N) is 2. The number of benzene rings is 1. The van der Waals surface area contributed by atoms with Crippen LogP contribution < -0.4 is 10.6 Å². The number of urea groups is 1. The van der Waals surface area contributed by atoms with Crippen molar-refractivity contribution in [3.8, 4) is 0 Å². The first-order valence-corrected chi connectivity index (χ1v) is 8.29. The van der Waals surface area contributed by atoms with Crippen LogP contribution in [0.2, 0.25) is 0 Å². The molecule has 7 heteroatoms. The minimum Gasteiger partial charge on any atom is -0.383 e. The molecule has 1 fully saturated rings. The monoisotopic (exact) mass is 347 g/mol. The summed E-state index contributed by atoms with van der Waals surface area (Å²) in [5.74, 6) is -0.459. The average Bonchev–Trinajstić information content (AvgIpc) is 2.79. The second-order valence-corrected chi connectivity index (χ2v) is 6.57. The van der Waals surface area contributed by atoms with Crippen molar-refractivity contribution in [1.29, 1.82) is 0 Å². The zero-order chi connectivity index (χ0) is 18.6. The van der Waals surface area contributed by atoms with Gasteiger partial charge in [-0.05, 0) is 24.0 Å². The topological polar surface area (TPSA) is 87.7 Å². The lowest BCUT2D eigenvalue weighted by atomic mass is 9.90. The molecule has 1 saturated heterocycles. The van der Waals surface area contributed by atoms with E-state index in [1.54, 1.807) is 6.92 Å². The molecule has 2 N–H and O–H groups in total. The van der Waals surface area contributed by atoms with E-state index >= 15 is 0 Å². The van der Waals surface area contributed by atoms with Gasteiger partial charge in [0.2, 0.25) is 5.91 Å². The van der Waals surface area contributed by atoms with Gasteiger partial charge >= 0.3 is 6.03 Å². The molecule has 1 aromatic carbocycles. The predicted molar refractivity (Wildman–Crippen MR) is 93.0 cm³/mol. The number of carbonyl (C=O) groups is 3. The molecule has 1 aromatic rings. The van der Waals surface area contributed by atoms with Crippen LogP contribution in [0.5, 0.6) is 0 Å². The summed E-state index contributed by atoms with van der Waals surface area (Å²) < 4.78 is 4.85. The van der Waals surface area contributed by atoms with Crippen molar-refractivity contribution in [3.05, 3.63) is 35.4 Å².